The Bertz CT molecular complexity index is 584. The van der Waals surface area contributed by atoms with Gasteiger partial charge in [0.25, 0.3) is 5.91 Å². The Morgan fingerprint density at radius 2 is 1.75 bits per heavy atom. The molecule has 5 heteroatoms. The summed E-state index contributed by atoms with van der Waals surface area (Å²) in [4.78, 5) is 12.0. The largest absolute Gasteiger partial charge is 0.481 e. The van der Waals surface area contributed by atoms with E-state index in [1.807, 2.05) is 24.3 Å². The Labute approximate surface area is 130 Å². The highest BCUT2D eigenvalue weighted by Crippen LogP contribution is 2.15. The zero-order valence-electron chi connectivity index (χ0n) is 10.8. The minimum Gasteiger partial charge on any atom is -0.481 e. The number of nitrogens with one attached hydrogen (secondary N) is 1. The Morgan fingerprint density at radius 1 is 1.15 bits per heavy atom. The van der Waals surface area contributed by atoms with E-state index in [4.69, 9.17) is 4.74 Å². The van der Waals surface area contributed by atoms with Gasteiger partial charge in [0.2, 0.25) is 0 Å². The molecule has 0 aliphatic rings. The maximum Gasteiger partial charge on any atom is 0.265 e. The molecule has 2 aromatic rings. The number of rotatable bonds is 4. The zero-order valence-corrected chi connectivity index (χ0v) is 12.9. The molecule has 0 spiro atoms. The van der Waals surface area contributed by atoms with Gasteiger partial charge < -0.3 is 10.1 Å². The maximum atomic E-state index is 12.8. The van der Waals surface area contributed by atoms with Gasteiger partial charge in [-0.05, 0) is 78.0 Å². The fourth-order valence-electron chi connectivity index (χ4n) is 1.55. The number of anilines is 1. The highest BCUT2D eigenvalue weighted by Gasteiger charge is 2.14. The van der Waals surface area contributed by atoms with Crippen LogP contribution in [0.4, 0.5) is 10.1 Å². The first kappa shape index (κ1) is 14.8. The molecule has 2 aromatic carbocycles. The van der Waals surface area contributed by atoms with Crippen LogP contribution in [0.1, 0.15) is 6.92 Å². The van der Waals surface area contributed by atoms with Crippen LogP contribution >= 0.6 is 22.6 Å². The van der Waals surface area contributed by atoms with E-state index in [-0.39, 0.29) is 11.7 Å². The number of amides is 1. The summed E-state index contributed by atoms with van der Waals surface area (Å²) < 4.78 is 19.3. The molecule has 2 rings (SSSR count). The second kappa shape index (κ2) is 6.69. The summed E-state index contributed by atoms with van der Waals surface area (Å²) in [5.74, 6) is -0.138. The lowest BCUT2D eigenvalue weighted by Crippen LogP contribution is -2.30. The SMILES string of the molecule is C[C@H](Oc1ccc(F)cc1)C(=O)Nc1ccc(I)cc1. The lowest BCUT2D eigenvalue weighted by molar-refractivity contribution is -0.122. The molecule has 0 saturated carbocycles. The summed E-state index contributed by atoms with van der Waals surface area (Å²) in [5, 5.41) is 2.76. The molecule has 0 radical (unpaired) electrons. The lowest BCUT2D eigenvalue weighted by atomic mass is 10.3. The predicted octanol–water partition coefficient (Wildman–Crippen LogP) is 3.84. The van der Waals surface area contributed by atoms with Gasteiger partial charge in [0.1, 0.15) is 11.6 Å². The molecule has 0 heterocycles. The van der Waals surface area contributed by atoms with E-state index >= 15 is 0 Å². The van der Waals surface area contributed by atoms with Gasteiger partial charge >= 0.3 is 0 Å². The van der Waals surface area contributed by atoms with Gasteiger partial charge in [-0.15, -0.1) is 0 Å². The van der Waals surface area contributed by atoms with Gasteiger partial charge in [0.05, 0.1) is 0 Å². The van der Waals surface area contributed by atoms with Gasteiger partial charge in [-0.1, -0.05) is 0 Å². The molecule has 0 aromatic heterocycles. The minimum absolute atomic E-state index is 0.254. The van der Waals surface area contributed by atoms with Gasteiger partial charge in [-0.2, -0.15) is 0 Å². The summed E-state index contributed by atoms with van der Waals surface area (Å²) in [6.45, 7) is 1.64. The second-order valence-corrected chi connectivity index (χ2v) is 5.46. The van der Waals surface area contributed by atoms with E-state index in [0.29, 0.717) is 11.4 Å². The topological polar surface area (TPSA) is 38.3 Å². The van der Waals surface area contributed by atoms with Crippen LogP contribution in [-0.4, -0.2) is 12.0 Å². The fourth-order valence-corrected chi connectivity index (χ4v) is 1.91. The van der Waals surface area contributed by atoms with Crippen LogP contribution in [0.25, 0.3) is 0 Å². The summed E-state index contributed by atoms with van der Waals surface area (Å²) in [6.07, 6.45) is -0.667. The molecule has 3 nitrogen and oxygen atoms in total. The third-order valence-corrected chi connectivity index (χ3v) is 3.33. The normalized spacial score (nSPS) is 11.8. The summed E-state index contributed by atoms with van der Waals surface area (Å²) in [7, 11) is 0. The second-order valence-electron chi connectivity index (χ2n) is 4.21. The van der Waals surface area contributed by atoms with Crippen molar-refractivity contribution < 1.29 is 13.9 Å². The third-order valence-electron chi connectivity index (χ3n) is 2.61. The molecule has 1 atom stereocenters. The first-order valence-electron chi connectivity index (χ1n) is 6.03. The van der Waals surface area contributed by atoms with Crippen LogP contribution in [0.5, 0.6) is 5.75 Å². The van der Waals surface area contributed by atoms with Gasteiger partial charge in [-0.25, -0.2) is 4.39 Å². The van der Waals surface area contributed by atoms with Crippen LogP contribution in [-0.2, 0) is 4.79 Å². The molecule has 20 heavy (non-hydrogen) atoms. The van der Waals surface area contributed by atoms with E-state index in [9.17, 15) is 9.18 Å². The number of hydrogen-bond donors (Lipinski definition) is 1. The summed E-state index contributed by atoms with van der Waals surface area (Å²) in [6, 6.07) is 13.0. The lowest BCUT2D eigenvalue weighted by Gasteiger charge is -2.14. The molecule has 0 aliphatic heterocycles. The van der Waals surface area contributed by atoms with Gasteiger partial charge in [0, 0.05) is 9.26 Å². The fraction of sp³-hybridized carbons (Fsp3) is 0.133. The van der Waals surface area contributed by atoms with Crippen molar-refractivity contribution in [3.63, 3.8) is 0 Å². The Hall–Kier alpha value is -1.63. The molecular formula is C15H13FINO2. The van der Waals surface area contributed by atoms with Crippen molar-refractivity contribution in [1.29, 1.82) is 0 Å². The first-order chi connectivity index (χ1) is 9.54. The number of halogens is 2. The smallest absolute Gasteiger partial charge is 0.265 e. The Morgan fingerprint density at radius 3 is 2.35 bits per heavy atom. The minimum atomic E-state index is -0.667. The number of carbonyl (C=O) groups is 1. The van der Waals surface area contributed by atoms with Crippen LogP contribution < -0.4 is 10.1 Å². The third kappa shape index (κ3) is 4.19. The monoisotopic (exact) mass is 385 g/mol. The van der Waals surface area contributed by atoms with Crippen molar-refractivity contribution in [3.8, 4) is 5.75 Å². The average Bonchev–Trinajstić information content (AvgIpc) is 2.44. The number of hydrogen-bond acceptors (Lipinski definition) is 2. The van der Waals surface area contributed by atoms with Crippen molar-refractivity contribution in [2.24, 2.45) is 0 Å². The van der Waals surface area contributed by atoms with Crippen LogP contribution in [0, 0.1) is 9.39 Å². The van der Waals surface area contributed by atoms with Crippen LogP contribution in [0.15, 0.2) is 48.5 Å². The van der Waals surface area contributed by atoms with Crippen molar-refractivity contribution in [2.75, 3.05) is 5.32 Å². The highest BCUT2D eigenvalue weighted by atomic mass is 127. The van der Waals surface area contributed by atoms with Gasteiger partial charge in [0.15, 0.2) is 6.10 Å². The molecule has 0 saturated heterocycles. The Balaban J connectivity index is 1.94. The van der Waals surface area contributed by atoms with Crippen LogP contribution in [0.2, 0.25) is 0 Å². The van der Waals surface area contributed by atoms with E-state index in [1.165, 1.54) is 24.3 Å². The summed E-state index contributed by atoms with van der Waals surface area (Å²) in [5.41, 5.74) is 0.713. The van der Waals surface area contributed by atoms with Crippen molar-refractivity contribution in [1.82, 2.24) is 0 Å². The quantitative estimate of drug-likeness (QED) is 0.813. The Kier molecular flexibility index (Phi) is 4.94. The number of ether oxygens (including phenoxy) is 1. The molecule has 1 N–H and O–H groups in total. The maximum absolute atomic E-state index is 12.8. The highest BCUT2D eigenvalue weighted by molar-refractivity contribution is 14.1. The predicted molar refractivity (Wildman–Crippen MR) is 84.3 cm³/mol. The van der Waals surface area contributed by atoms with E-state index in [0.717, 1.165) is 3.57 Å². The zero-order chi connectivity index (χ0) is 14.5. The molecular weight excluding hydrogens is 372 g/mol. The van der Waals surface area contributed by atoms with Crippen molar-refractivity contribution >= 4 is 34.2 Å². The molecule has 104 valence electrons. The van der Waals surface area contributed by atoms with Gasteiger partial charge in [-0.3, -0.25) is 4.79 Å². The summed E-state index contributed by atoms with van der Waals surface area (Å²) >= 11 is 2.19. The van der Waals surface area contributed by atoms with E-state index in [2.05, 4.69) is 27.9 Å². The average molecular weight is 385 g/mol. The van der Waals surface area contributed by atoms with Crippen molar-refractivity contribution in [3.05, 3.63) is 57.9 Å². The van der Waals surface area contributed by atoms with E-state index < -0.39 is 6.10 Å². The molecule has 1 amide bonds. The number of benzene rings is 2. The van der Waals surface area contributed by atoms with E-state index in [1.54, 1.807) is 6.92 Å². The molecule has 0 unspecified atom stereocenters. The molecule has 0 fully saturated rings. The first-order valence-corrected chi connectivity index (χ1v) is 7.11. The molecule has 0 aliphatic carbocycles. The van der Waals surface area contributed by atoms with Crippen LogP contribution in [0.3, 0.4) is 0 Å². The number of carbonyl (C=O) groups excluding carboxylic acids is 1. The molecule has 0 bridgehead atoms. The van der Waals surface area contributed by atoms with Crippen molar-refractivity contribution in [2.45, 2.75) is 13.0 Å². The standard InChI is InChI=1S/C15H13FINO2/c1-10(20-14-8-2-11(16)3-9-14)15(19)18-13-6-4-12(17)5-7-13/h2-10H,1H3,(H,18,19)/t10-/m0/s1.